The second-order valence-electron chi connectivity index (χ2n) is 7.53. The number of carbonyl (C=O) groups is 2. The van der Waals surface area contributed by atoms with Crippen LogP contribution >= 0.6 is 0 Å². The lowest BCUT2D eigenvalue weighted by Gasteiger charge is -2.51. The van der Waals surface area contributed by atoms with E-state index in [1.165, 1.54) is 18.2 Å². The number of aliphatic hydroxyl groups excluding tert-OH is 3. The van der Waals surface area contributed by atoms with Gasteiger partial charge in [-0.05, 0) is 17.6 Å². The minimum atomic E-state index is -2.35. The number of aliphatic hydroxyl groups is 4. The van der Waals surface area contributed by atoms with Gasteiger partial charge in [-0.3, -0.25) is 9.59 Å². The molecule has 1 aromatic rings. The third kappa shape index (κ3) is 1.97. The summed E-state index contributed by atoms with van der Waals surface area (Å²) in [6.45, 7) is 1.70. The standard InChI is InChI=1S/C19H20O7/c1-7-5-11(21)13-9(16(7)23)6-12(22)19(26)15(13)17(24)8-3-2-4-10(20)14(8)18(19)25/h2-4,7,12,15-16,18,20,22-23,25-26H,5-6H2,1H3/t7-,12-,15-,16+,18+,19+/m1/s1. The average Bonchev–Trinajstić information content (AvgIpc) is 2.59. The molecule has 26 heavy (non-hydrogen) atoms. The fourth-order valence-electron chi connectivity index (χ4n) is 4.69. The molecule has 3 aliphatic rings. The molecule has 5 N–H and O–H groups in total. The number of ketones is 2. The average molecular weight is 360 g/mol. The number of hydrogen-bond acceptors (Lipinski definition) is 7. The van der Waals surface area contributed by atoms with Crippen molar-refractivity contribution in [1.29, 1.82) is 0 Å². The van der Waals surface area contributed by atoms with E-state index < -0.39 is 35.6 Å². The van der Waals surface area contributed by atoms with Crippen molar-refractivity contribution in [2.45, 2.75) is 43.7 Å². The summed E-state index contributed by atoms with van der Waals surface area (Å²) in [6, 6.07) is 4.10. The zero-order valence-electron chi connectivity index (χ0n) is 14.1. The van der Waals surface area contributed by atoms with Crippen LogP contribution in [0.15, 0.2) is 29.3 Å². The number of benzene rings is 1. The fourth-order valence-corrected chi connectivity index (χ4v) is 4.69. The number of carbonyl (C=O) groups excluding carboxylic acids is 2. The molecular weight excluding hydrogens is 340 g/mol. The van der Waals surface area contributed by atoms with E-state index in [1.807, 2.05) is 0 Å². The van der Waals surface area contributed by atoms with Crippen LogP contribution in [-0.4, -0.2) is 54.9 Å². The van der Waals surface area contributed by atoms with Crippen LogP contribution in [0.2, 0.25) is 0 Å². The van der Waals surface area contributed by atoms with Crippen molar-refractivity contribution in [3.05, 3.63) is 40.5 Å². The minimum Gasteiger partial charge on any atom is -0.508 e. The monoisotopic (exact) mass is 360 g/mol. The van der Waals surface area contributed by atoms with Crippen molar-refractivity contribution >= 4 is 11.6 Å². The smallest absolute Gasteiger partial charge is 0.174 e. The summed E-state index contributed by atoms with van der Waals surface area (Å²) in [5.74, 6) is -3.26. The molecule has 0 aromatic heterocycles. The summed E-state index contributed by atoms with van der Waals surface area (Å²) in [7, 11) is 0. The van der Waals surface area contributed by atoms with Gasteiger partial charge in [0, 0.05) is 29.5 Å². The zero-order valence-corrected chi connectivity index (χ0v) is 14.1. The lowest BCUT2D eigenvalue weighted by atomic mass is 9.57. The predicted octanol–water partition coefficient (Wildman–Crippen LogP) is 0.000200. The van der Waals surface area contributed by atoms with Gasteiger partial charge < -0.3 is 25.5 Å². The maximum atomic E-state index is 13.1. The molecule has 7 nitrogen and oxygen atoms in total. The van der Waals surface area contributed by atoms with Crippen LogP contribution in [0.3, 0.4) is 0 Å². The Morgan fingerprint density at radius 1 is 1.12 bits per heavy atom. The van der Waals surface area contributed by atoms with Crippen molar-refractivity contribution in [2.75, 3.05) is 0 Å². The number of phenols is 1. The number of fused-ring (bicyclic) bond motifs is 3. The molecule has 0 spiro atoms. The Kier molecular flexibility index (Phi) is 3.65. The molecule has 0 fully saturated rings. The second kappa shape index (κ2) is 5.47. The Hall–Kier alpha value is -2.06. The van der Waals surface area contributed by atoms with Gasteiger partial charge in [-0.1, -0.05) is 19.1 Å². The molecule has 0 amide bonds. The van der Waals surface area contributed by atoms with E-state index in [0.29, 0.717) is 0 Å². The Morgan fingerprint density at radius 3 is 2.50 bits per heavy atom. The summed E-state index contributed by atoms with van der Waals surface area (Å²) < 4.78 is 0. The topological polar surface area (TPSA) is 135 Å². The number of rotatable bonds is 0. The first kappa shape index (κ1) is 17.4. The van der Waals surface area contributed by atoms with Crippen LogP contribution in [0, 0.1) is 11.8 Å². The highest BCUT2D eigenvalue weighted by Gasteiger charge is 2.63. The summed E-state index contributed by atoms with van der Waals surface area (Å²) in [4.78, 5) is 25.8. The predicted molar refractivity (Wildman–Crippen MR) is 88.3 cm³/mol. The van der Waals surface area contributed by atoms with Crippen LogP contribution in [0.5, 0.6) is 5.75 Å². The first-order chi connectivity index (χ1) is 12.2. The molecule has 6 atom stereocenters. The Morgan fingerprint density at radius 2 is 1.81 bits per heavy atom. The van der Waals surface area contributed by atoms with Gasteiger partial charge in [0.15, 0.2) is 11.6 Å². The van der Waals surface area contributed by atoms with E-state index in [-0.39, 0.29) is 52.6 Å². The molecule has 0 bridgehead atoms. The van der Waals surface area contributed by atoms with E-state index in [9.17, 15) is 35.1 Å². The molecule has 138 valence electrons. The number of aromatic hydroxyl groups is 1. The van der Waals surface area contributed by atoms with E-state index in [4.69, 9.17) is 0 Å². The molecule has 7 heteroatoms. The number of hydrogen-bond donors (Lipinski definition) is 5. The lowest BCUT2D eigenvalue weighted by Crippen LogP contribution is -2.63. The summed E-state index contributed by atoms with van der Waals surface area (Å²) in [5, 5.41) is 53.1. The van der Waals surface area contributed by atoms with Crippen molar-refractivity contribution in [3.8, 4) is 5.75 Å². The van der Waals surface area contributed by atoms with Crippen LogP contribution in [-0.2, 0) is 4.79 Å². The quantitative estimate of drug-likeness (QED) is 0.439. The Bertz CT molecular complexity index is 857. The first-order valence-electron chi connectivity index (χ1n) is 8.58. The van der Waals surface area contributed by atoms with Gasteiger partial charge in [0.05, 0.1) is 18.1 Å². The third-order valence-electron chi connectivity index (χ3n) is 6.07. The highest BCUT2D eigenvalue weighted by atomic mass is 16.4. The Labute approximate surface area is 149 Å². The Balaban J connectivity index is 2.00. The summed E-state index contributed by atoms with van der Waals surface area (Å²) in [6.07, 6.45) is -4.55. The van der Waals surface area contributed by atoms with Crippen LogP contribution in [0.4, 0.5) is 0 Å². The van der Waals surface area contributed by atoms with Gasteiger partial charge in [0.25, 0.3) is 0 Å². The lowest BCUT2D eigenvalue weighted by molar-refractivity contribution is -0.176. The van der Waals surface area contributed by atoms with Crippen LogP contribution in [0.25, 0.3) is 0 Å². The molecule has 0 unspecified atom stereocenters. The van der Waals surface area contributed by atoms with E-state index in [2.05, 4.69) is 0 Å². The molecule has 0 radical (unpaired) electrons. The number of Topliss-reactive ketones (excluding diaryl/α,β-unsaturated/α-hetero) is 2. The molecule has 0 heterocycles. The van der Waals surface area contributed by atoms with Gasteiger partial charge in [-0.2, -0.15) is 0 Å². The largest absolute Gasteiger partial charge is 0.508 e. The van der Waals surface area contributed by atoms with E-state index in [1.54, 1.807) is 6.92 Å². The first-order valence-corrected chi connectivity index (χ1v) is 8.58. The van der Waals surface area contributed by atoms with Crippen molar-refractivity contribution < 1.29 is 35.1 Å². The molecule has 1 aromatic carbocycles. The molecule has 0 saturated heterocycles. The molecular formula is C19H20O7. The molecule has 0 saturated carbocycles. The normalized spacial score (nSPS) is 39.3. The van der Waals surface area contributed by atoms with E-state index >= 15 is 0 Å². The van der Waals surface area contributed by atoms with Gasteiger partial charge in [0.2, 0.25) is 0 Å². The van der Waals surface area contributed by atoms with E-state index in [0.717, 1.165) is 0 Å². The minimum absolute atomic E-state index is 0.00552. The SMILES string of the molecule is C[C@@H]1CC(=O)C2=C(C[C@@H](O)[C@]3(O)[C@H]2C(=O)c2cccc(O)c2[C@@H]3O)[C@H]1O. The maximum absolute atomic E-state index is 13.1. The molecule has 0 aliphatic heterocycles. The summed E-state index contributed by atoms with van der Waals surface area (Å²) in [5.41, 5.74) is -2.27. The van der Waals surface area contributed by atoms with Gasteiger partial charge in [-0.25, -0.2) is 0 Å². The summed E-state index contributed by atoms with van der Waals surface area (Å²) >= 11 is 0. The molecule has 3 aliphatic carbocycles. The maximum Gasteiger partial charge on any atom is 0.174 e. The van der Waals surface area contributed by atoms with Gasteiger partial charge in [0.1, 0.15) is 17.5 Å². The number of phenolic OH excluding ortho intramolecular Hbond substituents is 1. The fraction of sp³-hybridized carbons (Fsp3) is 0.474. The van der Waals surface area contributed by atoms with Crippen LogP contribution in [0.1, 0.15) is 41.8 Å². The van der Waals surface area contributed by atoms with Crippen molar-refractivity contribution in [3.63, 3.8) is 0 Å². The van der Waals surface area contributed by atoms with Gasteiger partial charge in [-0.15, -0.1) is 0 Å². The molecule has 4 rings (SSSR count). The van der Waals surface area contributed by atoms with Crippen molar-refractivity contribution in [1.82, 2.24) is 0 Å². The second-order valence-corrected chi connectivity index (χ2v) is 7.53. The van der Waals surface area contributed by atoms with Crippen LogP contribution < -0.4 is 0 Å². The third-order valence-corrected chi connectivity index (χ3v) is 6.07. The highest BCUT2D eigenvalue weighted by molar-refractivity contribution is 6.11. The highest BCUT2D eigenvalue weighted by Crippen LogP contribution is 2.54. The van der Waals surface area contributed by atoms with Crippen molar-refractivity contribution in [2.24, 2.45) is 11.8 Å². The van der Waals surface area contributed by atoms with Gasteiger partial charge >= 0.3 is 0 Å². The zero-order chi connectivity index (χ0) is 19.0.